The van der Waals surface area contributed by atoms with Gasteiger partial charge in [0, 0.05) is 0 Å². The van der Waals surface area contributed by atoms with E-state index in [-0.39, 0.29) is 0 Å². The van der Waals surface area contributed by atoms with Gasteiger partial charge in [0.15, 0.2) is 0 Å². The predicted octanol–water partition coefficient (Wildman–Crippen LogP) is -1.74. The van der Waals surface area contributed by atoms with Gasteiger partial charge in [-0.2, -0.15) is 0 Å². The van der Waals surface area contributed by atoms with Crippen molar-refractivity contribution < 1.29 is 19.7 Å². The van der Waals surface area contributed by atoms with E-state index in [2.05, 4.69) is 5.10 Å². The van der Waals surface area contributed by atoms with Gasteiger partial charge in [-0.1, -0.05) is 0 Å². The molecule has 0 aromatic heterocycles. The summed E-state index contributed by atoms with van der Waals surface area (Å²) in [7, 11) is 0. The number of aliphatic carboxylic acids is 1. The molecule has 15 heavy (non-hydrogen) atoms. The number of nitrogens with zero attached hydrogens (tertiary/aromatic N) is 3. The summed E-state index contributed by atoms with van der Waals surface area (Å²) in [4.78, 5) is 28.8. The molecule has 11 heteroatoms. The van der Waals surface area contributed by atoms with Gasteiger partial charge in [0.1, 0.15) is 0 Å². The lowest BCUT2D eigenvalue weighted by atomic mass is 10.1. The number of hydrazone groups is 1. The van der Waals surface area contributed by atoms with E-state index in [1.54, 1.807) is 0 Å². The van der Waals surface area contributed by atoms with Crippen molar-refractivity contribution in [1.82, 2.24) is 5.43 Å². The van der Waals surface area contributed by atoms with Gasteiger partial charge >= 0.3 is 17.5 Å². The molecule has 0 aromatic rings. The van der Waals surface area contributed by atoms with E-state index in [1.165, 1.54) is 5.43 Å². The topological polar surface area (TPSA) is 172 Å². The summed E-state index contributed by atoms with van der Waals surface area (Å²) in [5.41, 5.74) is -2.91. The molecule has 1 rings (SSSR count). The van der Waals surface area contributed by atoms with Crippen molar-refractivity contribution in [3.8, 4) is 0 Å². The van der Waals surface area contributed by atoms with Crippen LogP contribution >= 0.6 is 0 Å². The molecule has 1 atom stereocenters. The molecule has 11 nitrogen and oxygen atoms in total. The Balaban J connectivity index is 3.22. The lowest BCUT2D eigenvalue weighted by Gasteiger charge is -2.10. The first-order valence-corrected chi connectivity index (χ1v) is 3.30. The highest BCUT2D eigenvalue weighted by atomic mass is 16.6. The summed E-state index contributed by atoms with van der Waals surface area (Å²) < 4.78 is 0. The maximum absolute atomic E-state index is 10.6. The molecule has 0 amide bonds. The number of hydrogen-bond donors (Lipinski definition) is 3. The minimum atomic E-state index is -3.07. The van der Waals surface area contributed by atoms with Crippen LogP contribution in [0.4, 0.5) is 0 Å². The largest absolute Gasteiger partial charge is 0.474 e. The second-order valence-corrected chi connectivity index (χ2v) is 2.45. The molecule has 0 bridgehead atoms. The molecule has 80 valence electrons. The van der Waals surface area contributed by atoms with Crippen molar-refractivity contribution in [2.75, 3.05) is 0 Å². The van der Waals surface area contributed by atoms with Crippen LogP contribution in [0.5, 0.6) is 0 Å². The molecule has 1 aliphatic rings. The highest BCUT2D eigenvalue weighted by Crippen LogP contribution is 2.15. The van der Waals surface area contributed by atoms with E-state index in [1.807, 2.05) is 0 Å². The second-order valence-electron chi connectivity index (χ2n) is 2.45. The molecule has 0 spiro atoms. The van der Waals surface area contributed by atoms with Gasteiger partial charge in [-0.15, -0.1) is 5.43 Å². The highest BCUT2D eigenvalue weighted by molar-refractivity contribution is 6.45. The van der Waals surface area contributed by atoms with E-state index in [9.17, 15) is 25.0 Å². The molecule has 1 heterocycles. The number of rotatable bonds is 2. The van der Waals surface area contributed by atoms with Crippen LogP contribution in [-0.4, -0.2) is 38.1 Å². The van der Waals surface area contributed by atoms with Crippen LogP contribution in [0.3, 0.4) is 0 Å². The Kier molecular flexibility index (Phi) is 2.08. The third-order valence-corrected chi connectivity index (χ3v) is 1.67. The van der Waals surface area contributed by atoms with Gasteiger partial charge < -0.3 is 15.2 Å². The number of carboxylic acid groups (broad SMARTS) is 1. The van der Waals surface area contributed by atoms with E-state index in [4.69, 9.17) is 10.5 Å². The van der Waals surface area contributed by atoms with Gasteiger partial charge in [0.25, 0.3) is 0 Å². The summed E-state index contributed by atoms with van der Waals surface area (Å²) in [6.07, 6.45) is 0. The van der Waals surface area contributed by atoms with Crippen molar-refractivity contribution in [2.45, 2.75) is 5.66 Å². The first-order chi connectivity index (χ1) is 6.84. The van der Waals surface area contributed by atoms with Crippen molar-refractivity contribution in [2.24, 2.45) is 5.10 Å². The van der Waals surface area contributed by atoms with Crippen LogP contribution in [0.2, 0.25) is 0 Å². The lowest BCUT2D eigenvalue weighted by Crippen LogP contribution is -2.60. The molecular weight excluding hydrogens is 214 g/mol. The zero-order chi connectivity index (χ0) is 11.8. The maximum Gasteiger partial charge on any atom is 0.471 e. The molecule has 1 aliphatic heterocycles. The van der Waals surface area contributed by atoms with Gasteiger partial charge in [0.2, 0.25) is 5.71 Å². The van der Waals surface area contributed by atoms with Gasteiger partial charge in [-0.3, -0.25) is 15.5 Å². The lowest BCUT2D eigenvalue weighted by molar-refractivity contribution is -0.539. The van der Waals surface area contributed by atoms with Crippen LogP contribution in [0, 0.1) is 25.6 Å². The van der Waals surface area contributed by atoms with Crippen molar-refractivity contribution in [1.29, 1.82) is 5.41 Å². The van der Waals surface area contributed by atoms with Crippen molar-refractivity contribution in [3.05, 3.63) is 20.2 Å². The third kappa shape index (κ3) is 1.17. The number of carbonyl (C=O) groups is 1. The second kappa shape index (κ2) is 2.97. The summed E-state index contributed by atoms with van der Waals surface area (Å²) in [6, 6.07) is 0. The van der Waals surface area contributed by atoms with E-state index in [0.717, 1.165) is 0 Å². The van der Waals surface area contributed by atoms with Crippen molar-refractivity contribution >= 4 is 17.5 Å². The summed E-state index contributed by atoms with van der Waals surface area (Å²) in [5, 5.41) is 39.1. The van der Waals surface area contributed by atoms with Crippen molar-refractivity contribution in [3.63, 3.8) is 0 Å². The average molecular weight is 217 g/mol. The predicted molar refractivity (Wildman–Crippen MR) is 42.7 cm³/mol. The Hall–Kier alpha value is -2.59. The van der Waals surface area contributed by atoms with Crippen LogP contribution < -0.4 is 5.43 Å². The third-order valence-electron chi connectivity index (χ3n) is 1.67. The molecular formula is C4H3N5O6. The summed E-state index contributed by atoms with van der Waals surface area (Å²) in [6.45, 7) is 0. The number of carboxylic acids is 1. The van der Waals surface area contributed by atoms with Crippen LogP contribution in [-0.2, 0) is 4.79 Å². The zero-order valence-corrected chi connectivity index (χ0v) is 6.83. The van der Waals surface area contributed by atoms with Crippen LogP contribution in [0.1, 0.15) is 0 Å². The molecule has 0 aliphatic carbocycles. The smallest absolute Gasteiger partial charge is 0.471 e. The first kappa shape index (κ1) is 10.5. The quantitative estimate of drug-likeness (QED) is 0.363. The van der Waals surface area contributed by atoms with Gasteiger partial charge in [-0.05, 0) is 4.92 Å². The Morgan fingerprint density at radius 1 is 1.53 bits per heavy atom. The summed E-state index contributed by atoms with van der Waals surface area (Å²) in [5.74, 6) is -3.23. The van der Waals surface area contributed by atoms with E-state index >= 15 is 0 Å². The summed E-state index contributed by atoms with van der Waals surface area (Å²) >= 11 is 0. The first-order valence-electron chi connectivity index (χ1n) is 3.30. The number of nitro groups is 2. The fourth-order valence-electron chi connectivity index (χ4n) is 0.905. The zero-order valence-electron chi connectivity index (χ0n) is 6.83. The molecule has 0 fully saturated rings. The fraction of sp³-hybridized carbons (Fsp3) is 0.250. The normalized spacial score (nSPS) is 24.3. The molecule has 0 aromatic carbocycles. The van der Waals surface area contributed by atoms with Gasteiger partial charge in [0.05, 0.1) is 10.0 Å². The fourth-order valence-corrected chi connectivity index (χ4v) is 0.905. The SMILES string of the molecule is N=C1C([N+](=O)[O-])=NNC1(C(=O)O)[N+](=O)[O-]. The van der Waals surface area contributed by atoms with Crippen LogP contribution in [0.25, 0.3) is 0 Å². The highest BCUT2D eigenvalue weighted by Gasteiger charge is 2.67. The Bertz CT molecular complexity index is 398. The number of amidine groups is 1. The number of nitrogens with one attached hydrogen (secondary N) is 2. The minimum Gasteiger partial charge on any atom is -0.474 e. The standard InChI is InChI=1S/C4H3N5O6/c5-1-2(8(12)13)6-7-4(1,3(10)11)9(14)15/h5,7H,(H,10,11). The molecule has 1 unspecified atom stereocenters. The molecule has 0 saturated heterocycles. The van der Waals surface area contributed by atoms with Crippen LogP contribution in [0.15, 0.2) is 5.10 Å². The Morgan fingerprint density at radius 2 is 2.07 bits per heavy atom. The molecule has 3 N–H and O–H groups in total. The van der Waals surface area contributed by atoms with Gasteiger partial charge in [-0.25, -0.2) is 4.79 Å². The Labute approximate surface area is 80.2 Å². The van der Waals surface area contributed by atoms with E-state index in [0.29, 0.717) is 0 Å². The number of hydrogen-bond acceptors (Lipinski definition) is 8. The molecule has 0 saturated carbocycles. The minimum absolute atomic E-state index is 1.18. The average Bonchev–Trinajstić information content (AvgIpc) is 2.43. The maximum atomic E-state index is 10.6. The Morgan fingerprint density at radius 3 is 2.27 bits per heavy atom. The molecule has 0 radical (unpaired) electrons. The monoisotopic (exact) mass is 217 g/mol. The van der Waals surface area contributed by atoms with E-state index < -0.39 is 33.0 Å².